The Labute approximate surface area is 146 Å². The van der Waals surface area contributed by atoms with E-state index in [0.29, 0.717) is 13.2 Å². The fourth-order valence-corrected chi connectivity index (χ4v) is 2.39. The molecule has 0 unspecified atom stereocenters. The summed E-state index contributed by atoms with van der Waals surface area (Å²) in [5.74, 6) is -0.202. The predicted octanol–water partition coefficient (Wildman–Crippen LogP) is 5.01. The molecule has 0 heterocycles. The van der Waals surface area contributed by atoms with E-state index in [2.05, 4.69) is 6.92 Å². The summed E-state index contributed by atoms with van der Waals surface area (Å²) in [6.07, 6.45) is 11.8. The molecule has 136 valence electrons. The molecular formula is C18H33ClO4. The Morgan fingerprint density at radius 1 is 0.696 bits per heavy atom. The van der Waals surface area contributed by atoms with E-state index in [1.165, 1.54) is 25.7 Å². The lowest BCUT2D eigenvalue weighted by Crippen LogP contribution is -2.15. The molecule has 0 spiro atoms. The lowest BCUT2D eigenvalue weighted by atomic mass is 10.1. The maximum absolute atomic E-state index is 11.4. The third-order valence-corrected chi connectivity index (χ3v) is 3.86. The minimum absolute atomic E-state index is 0.271. The van der Waals surface area contributed by atoms with Crippen molar-refractivity contribution in [2.45, 2.75) is 84.0 Å². The van der Waals surface area contributed by atoms with Gasteiger partial charge in [0.2, 0.25) is 0 Å². The average Bonchev–Trinajstić information content (AvgIpc) is 2.53. The summed E-state index contributed by atoms with van der Waals surface area (Å²) in [7, 11) is 0. The van der Waals surface area contributed by atoms with Crippen LogP contribution in [-0.4, -0.2) is 31.0 Å². The van der Waals surface area contributed by atoms with Crippen LogP contribution in [-0.2, 0) is 19.1 Å². The van der Waals surface area contributed by atoms with Crippen LogP contribution in [0.3, 0.4) is 0 Å². The summed E-state index contributed by atoms with van der Waals surface area (Å²) < 4.78 is 10.0. The highest BCUT2D eigenvalue weighted by molar-refractivity contribution is 6.17. The molecule has 23 heavy (non-hydrogen) atoms. The van der Waals surface area contributed by atoms with Gasteiger partial charge in [0.1, 0.15) is 6.42 Å². The Balaban J connectivity index is 3.31. The molecule has 0 aliphatic carbocycles. The second kappa shape index (κ2) is 17.6. The molecule has 0 amide bonds. The number of halogens is 1. The second-order valence-corrected chi connectivity index (χ2v) is 6.22. The number of carbonyl (C=O) groups is 2. The van der Waals surface area contributed by atoms with Crippen LogP contribution in [0, 0.1) is 0 Å². The Morgan fingerprint density at radius 2 is 1.13 bits per heavy atom. The molecule has 0 aliphatic rings. The van der Waals surface area contributed by atoms with Crippen LogP contribution >= 0.6 is 11.6 Å². The van der Waals surface area contributed by atoms with E-state index >= 15 is 0 Å². The molecule has 0 aromatic carbocycles. The third-order valence-electron chi connectivity index (χ3n) is 3.59. The fourth-order valence-electron chi connectivity index (χ4n) is 2.20. The number of hydrogen-bond donors (Lipinski definition) is 0. The average molecular weight is 349 g/mol. The number of hydrogen-bond acceptors (Lipinski definition) is 4. The van der Waals surface area contributed by atoms with Gasteiger partial charge in [0.05, 0.1) is 13.2 Å². The van der Waals surface area contributed by atoms with Crippen molar-refractivity contribution in [3.05, 3.63) is 0 Å². The first-order chi connectivity index (χ1) is 11.2. The van der Waals surface area contributed by atoms with Gasteiger partial charge in [-0.1, -0.05) is 58.3 Å². The molecule has 4 nitrogen and oxygen atoms in total. The number of alkyl halides is 1. The number of carbonyl (C=O) groups excluding carboxylic acids is 2. The zero-order valence-electron chi connectivity index (χ0n) is 14.6. The summed E-state index contributed by atoms with van der Waals surface area (Å²) in [5.41, 5.74) is 0. The van der Waals surface area contributed by atoms with E-state index in [1.54, 1.807) is 0 Å². The van der Waals surface area contributed by atoms with Gasteiger partial charge in [-0.25, -0.2) is 0 Å². The first-order valence-corrected chi connectivity index (χ1v) is 9.61. The summed E-state index contributed by atoms with van der Waals surface area (Å²) >= 11 is 5.62. The first-order valence-electron chi connectivity index (χ1n) is 9.08. The molecule has 0 aliphatic heterocycles. The highest BCUT2D eigenvalue weighted by Crippen LogP contribution is 2.09. The van der Waals surface area contributed by atoms with Gasteiger partial charge in [0, 0.05) is 5.88 Å². The number of ether oxygens (including phenoxy) is 2. The zero-order valence-corrected chi connectivity index (χ0v) is 15.4. The second-order valence-electron chi connectivity index (χ2n) is 5.84. The van der Waals surface area contributed by atoms with Gasteiger partial charge in [0.25, 0.3) is 0 Å². The zero-order chi connectivity index (χ0) is 17.2. The topological polar surface area (TPSA) is 52.6 Å². The van der Waals surface area contributed by atoms with E-state index < -0.39 is 11.9 Å². The van der Waals surface area contributed by atoms with E-state index in [-0.39, 0.29) is 6.42 Å². The van der Waals surface area contributed by atoms with E-state index in [0.717, 1.165) is 50.8 Å². The van der Waals surface area contributed by atoms with Crippen molar-refractivity contribution in [2.24, 2.45) is 0 Å². The van der Waals surface area contributed by atoms with Crippen LogP contribution in [0.15, 0.2) is 0 Å². The number of rotatable bonds is 16. The molecule has 0 fully saturated rings. The summed E-state index contributed by atoms with van der Waals surface area (Å²) in [5, 5.41) is 0. The van der Waals surface area contributed by atoms with E-state index in [4.69, 9.17) is 21.1 Å². The van der Waals surface area contributed by atoms with Crippen molar-refractivity contribution in [1.82, 2.24) is 0 Å². The molecule has 5 heteroatoms. The summed E-state index contributed by atoms with van der Waals surface area (Å²) in [6, 6.07) is 0. The van der Waals surface area contributed by atoms with Crippen LogP contribution in [0.1, 0.15) is 84.0 Å². The Kier molecular flexibility index (Phi) is 17.0. The summed E-state index contributed by atoms with van der Waals surface area (Å²) in [4.78, 5) is 22.8. The predicted molar refractivity (Wildman–Crippen MR) is 93.7 cm³/mol. The first kappa shape index (κ1) is 22.2. The maximum Gasteiger partial charge on any atom is 0.317 e. The van der Waals surface area contributed by atoms with Crippen molar-refractivity contribution < 1.29 is 19.1 Å². The molecule has 0 saturated carbocycles. The largest absolute Gasteiger partial charge is 0.465 e. The minimum Gasteiger partial charge on any atom is -0.465 e. The molecular weight excluding hydrogens is 316 g/mol. The van der Waals surface area contributed by atoms with E-state index in [9.17, 15) is 9.59 Å². The van der Waals surface area contributed by atoms with E-state index in [1.807, 2.05) is 0 Å². The molecule has 0 rings (SSSR count). The van der Waals surface area contributed by atoms with Crippen LogP contribution in [0.5, 0.6) is 0 Å². The van der Waals surface area contributed by atoms with Crippen LogP contribution in [0.2, 0.25) is 0 Å². The van der Waals surface area contributed by atoms with Gasteiger partial charge >= 0.3 is 11.9 Å². The molecule has 0 aromatic rings. The highest BCUT2D eigenvalue weighted by atomic mass is 35.5. The molecule has 0 atom stereocenters. The molecule has 0 bridgehead atoms. The molecule has 0 N–H and O–H groups in total. The fraction of sp³-hybridized carbons (Fsp3) is 0.889. The van der Waals surface area contributed by atoms with Crippen molar-refractivity contribution in [1.29, 1.82) is 0 Å². The summed E-state index contributed by atoms with van der Waals surface area (Å²) in [6.45, 7) is 2.87. The number of unbranched alkanes of at least 4 members (excludes halogenated alkanes) is 9. The highest BCUT2D eigenvalue weighted by Gasteiger charge is 2.11. The van der Waals surface area contributed by atoms with Crippen LogP contribution < -0.4 is 0 Å². The van der Waals surface area contributed by atoms with Gasteiger partial charge in [-0.2, -0.15) is 0 Å². The van der Waals surface area contributed by atoms with Crippen molar-refractivity contribution in [3.63, 3.8) is 0 Å². The third kappa shape index (κ3) is 17.4. The standard InChI is InChI=1S/C18H33ClO4/c1-2-3-11-14-22-17(20)16-18(21)23-15-12-9-7-5-4-6-8-10-13-19/h2-16H2,1H3. The normalized spacial score (nSPS) is 10.5. The Morgan fingerprint density at radius 3 is 1.61 bits per heavy atom. The van der Waals surface area contributed by atoms with Crippen molar-refractivity contribution in [3.8, 4) is 0 Å². The molecule has 0 aromatic heterocycles. The Bertz CT molecular complexity index is 295. The SMILES string of the molecule is CCCCCOC(=O)CC(=O)OCCCCCCCCCCCl. The minimum atomic E-state index is -0.483. The van der Waals surface area contributed by atoms with Gasteiger partial charge in [-0.15, -0.1) is 11.6 Å². The van der Waals surface area contributed by atoms with Crippen LogP contribution in [0.4, 0.5) is 0 Å². The van der Waals surface area contributed by atoms with Crippen LogP contribution in [0.25, 0.3) is 0 Å². The lowest BCUT2D eigenvalue weighted by Gasteiger charge is -2.06. The lowest BCUT2D eigenvalue weighted by molar-refractivity contribution is -0.154. The monoisotopic (exact) mass is 348 g/mol. The Hall–Kier alpha value is -0.770. The van der Waals surface area contributed by atoms with Gasteiger partial charge in [-0.05, 0) is 19.3 Å². The quantitative estimate of drug-likeness (QED) is 0.170. The van der Waals surface area contributed by atoms with Gasteiger partial charge in [-0.3, -0.25) is 9.59 Å². The molecule has 0 saturated heterocycles. The number of esters is 2. The maximum atomic E-state index is 11.4. The van der Waals surface area contributed by atoms with Crippen molar-refractivity contribution >= 4 is 23.5 Å². The van der Waals surface area contributed by atoms with Crippen molar-refractivity contribution in [2.75, 3.05) is 19.1 Å². The molecule has 0 radical (unpaired) electrons. The smallest absolute Gasteiger partial charge is 0.317 e. The van der Waals surface area contributed by atoms with Gasteiger partial charge < -0.3 is 9.47 Å². The van der Waals surface area contributed by atoms with Gasteiger partial charge in [0.15, 0.2) is 0 Å².